The van der Waals surface area contributed by atoms with Gasteiger partial charge in [0, 0.05) is 18.2 Å². The third-order valence-electron chi connectivity index (χ3n) is 2.92. The van der Waals surface area contributed by atoms with Crippen LogP contribution in [0.4, 0.5) is 0 Å². The number of sulfonamides is 1. The second kappa shape index (κ2) is 6.40. The Morgan fingerprint density at radius 2 is 1.32 bits per heavy atom. The molecule has 0 aromatic heterocycles. The van der Waals surface area contributed by atoms with Crippen molar-refractivity contribution >= 4 is 21.8 Å². The maximum absolute atomic E-state index is 12.0. The van der Waals surface area contributed by atoms with Crippen LogP contribution in [0, 0.1) is 0 Å². The van der Waals surface area contributed by atoms with Gasteiger partial charge in [0.15, 0.2) is 0 Å². The predicted molar refractivity (Wildman–Crippen MR) is 80.9 cm³/mol. The minimum absolute atomic E-state index is 0.00494. The molecular weight excluding hydrogens is 304 g/mol. The Bertz CT molecular complexity index is 784. The van der Waals surface area contributed by atoms with E-state index in [2.05, 4.69) is 5.32 Å². The Balaban J connectivity index is 2.17. The summed E-state index contributed by atoms with van der Waals surface area (Å²) in [7, 11) is -2.42. The molecule has 0 aliphatic carbocycles. The molecule has 2 amide bonds. The van der Waals surface area contributed by atoms with Gasteiger partial charge in [-0.05, 0) is 36.4 Å². The largest absolute Gasteiger partial charge is 0.355 e. The van der Waals surface area contributed by atoms with Crippen molar-refractivity contribution in [3.8, 4) is 0 Å². The van der Waals surface area contributed by atoms with Crippen LogP contribution >= 0.6 is 0 Å². The average molecular weight is 318 g/mol. The van der Waals surface area contributed by atoms with Gasteiger partial charge in [-0.25, -0.2) is 13.1 Å². The van der Waals surface area contributed by atoms with Crippen molar-refractivity contribution in [3.63, 3.8) is 0 Å². The maximum atomic E-state index is 12.0. The number of nitrogens with one attached hydrogen (secondary N) is 2. The Kier molecular flexibility index (Phi) is 4.57. The van der Waals surface area contributed by atoms with Crippen molar-refractivity contribution in [1.82, 2.24) is 10.0 Å². The minimum atomic E-state index is -3.92. The lowest BCUT2D eigenvalue weighted by Gasteiger charge is -2.07. The molecule has 2 aromatic carbocycles. The summed E-state index contributed by atoms with van der Waals surface area (Å²) >= 11 is 0. The van der Waals surface area contributed by atoms with Crippen molar-refractivity contribution in [2.45, 2.75) is 4.90 Å². The molecule has 0 radical (unpaired) electrons. The topological polar surface area (TPSA) is 92.3 Å². The Hall–Kier alpha value is -2.67. The van der Waals surface area contributed by atoms with E-state index in [0.717, 1.165) is 0 Å². The van der Waals surface area contributed by atoms with Crippen LogP contribution in [0.3, 0.4) is 0 Å². The molecule has 2 N–H and O–H groups in total. The molecule has 0 saturated carbocycles. The standard InChI is InChI=1S/C15H14N2O4S/c1-16-14(18)11-7-9-12(10-8-11)15(19)17-22(20,21)13-5-3-2-4-6-13/h2-10H,1H3,(H,16,18)(H,17,19). The van der Waals surface area contributed by atoms with E-state index in [-0.39, 0.29) is 16.4 Å². The molecular formula is C15H14N2O4S. The molecule has 2 aromatic rings. The van der Waals surface area contributed by atoms with Crippen molar-refractivity contribution < 1.29 is 18.0 Å². The van der Waals surface area contributed by atoms with Gasteiger partial charge in [-0.2, -0.15) is 0 Å². The summed E-state index contributed by atoms with van der Waals surface area (Å²) in [6.07, 6.45) is 0. The van der Waals surface area contributed by atoms with E-state index in [0.29, 0.717) is 5.56 Å². The highest BCUT2D eigenvalue weighted by Gasteiger charge is 2.18. The summed E-state index contributed by atoms with van der Waals surface area (Å²) in [6, 6.07) is 13.3. The summed E-state index contributed by atoms with van der Waals surface area (Å²) in [6.45, 7) is 0. The van der Waals surface area contributed by atoms with Crippen LogP contribution in [0.2, 0.25) is 0 Å². The van der Waals surface area contributed by atoms with Crippen LogP contribution in [0.5, 0.6) is 0 Å². The smallest absolute Gasteiger partial charge is 0.264 e. The van der Waals surface area contributed by atoms with Crippen LogP contribution in [0.1, 0.15) is 20.7 Å². The molecule has 0 aliphatic rings. The van der Waals surface area contributed by atoms with Crippen molar-refractivity contribution in [1.29, 1.82) is 0 Å². The second-order valence-electron chi connectivity index (χ2n) is 4.40. The molecule has 0 aliphatic heterocycles. The van der Waals surface area contributed by atoms with Crippen molar-refractivity contribution in [2.24, 2.45) is 0 Å². The van der Waals surface area contributed by atoms with E-state index >= 15 is 0 Å². The fourth-order valence-corrected chi connectivity index (χ4v) is 2.75. The zero-order valence-corrected chi connectivity index (χ0v) is 12.6. The monoisotopic (exact) mass is 318 g/mol. The first kappa shape index (κ1) is 15.7. The van der Waals surface area contributed by atoms with Gasteiger partial charge < -0.3 is 5.32 Å². The molecule has 114 valence electrons. The molecule has 0 spiro atoms. The number of carbonyl (C=O) groups is 2. The number of hydrogen-bond donors (Lipinski definition) is 2. The highest BCUT2D eigenvalue weighted by atomic mass is 32.2. The zero-order chi connectivity index (χ0) is 16.2. The van der Waals surface area contributed by atoms with Crippen LogP contribution in [0.15, 0.2) is 59.5 Å². The van der Waals surface area contributed by atoms with E-state index in [1.54, 1.807) is 18.2 Å². The molecule has 0 fully saturated rings. The molecule has 2 rings (SSSR count). The van der Waals surface area contributed by atoms with Crippen molar-refractivity contribution in [2.75, 3.05) is 7.05 Å². The summed E-state index contributed by atoms with van der Waals surface area (Å²) in [4.78, 5) is 23.4. The molecule has 7 heteroatoms. The molecule has 0 bridgehead atoms. The molecule has 0 unspecified atom stereocenters. The number of hydrogen-bond acceptors (Lipinski definition) is 4. The van der Waals surface area contributed by atoms with Gasteiger partial charge in [-0.1, -0.05) is 18.2 Å². The van der Waals surface area contributed by atoms with Gasteiger partial charge in [0.1, 0.15) is 0 Å². The number of carbonyl (C=O) groups excluding carboxylic acids is 2. The Labute approximate surface area is 128 Å². The van der Waals surface area contributed by atoms with E-state index in [4.69, 9.17) is 0 Å². The molecule has 0 heterocycles. The second-order valence-corrected chi connectivity index (χ2v) is 6.09. The van der Waals surface area contributed by atoms with E-state index in [1.165, 1.54) is 43.4 Å². The summed E-state index contributed by atoms with van der Waals surface area (Å²) in [5, 5.41) is 2.45. The predicted octanol–water partition coefficient (Wildman–Crippen LogP) is 1.16. The van der Waals surface area contributed by atoms with Crippen molar-refractivity contribution in [3.05, 3.63) is 65.7 Å². The number of amides is 2. The average Bonchev–Trinajstić information content (AvgIpc) is 2.54. The lowest BCUT2D eigenvalue weighted by atomic mass is 10.1. The normalized spacial score (nSPS) is 10.8. The first-order chi connectivity index (χ1) is 10.4. The SMILES string of the molecule is CNC(=O)c1ccc(C(=O)NS(=O)(=O)c2ccccc2)cc1. The van der Waals surface area contributed by atoms with Gasteiger partial charge in [-0.3, -0.25) is 9.59 Å². The zero-order valence-electron chi connectivity index (χ0n) is 11.7. The van der Waals surface area contributed by atoms with Gasteiger partial charge in [0.05, 0.1) is 4.90 Å². The summed E-state index contributed by atoms with van der Waals surface area (Å²) in [5.41, 5.74) is 0.525. The Morgan fingerprint density at radius 1 is 0.818 bits per heavy atom. The van der Waals surface area contributed by atoms with E-state index < -0.39 is 15.9 Å². The fourth-order valence-electron chi connectivity index (χ4n) is 1.76. The van der Waals surface area contributed by atoms with Crippen LogP contribution in [-0.2, 0) is 10.0 Å². The van der Waals surface area contributed by atoms with Gasteiger partial charge >= 0.3 is 0 Å². The molecule has 0 saturated heterocycles. The van der Waals surface area contributed by atoms with Gasteiger partial charge in [0.2, 0.25) is 0 Å². The molecule has 22 heavy (non-hydrogen) atoms. The summed E-state index contributed by atoms with van der Waals surface area (Å²) in [5.74, 6) is -1.05. The number of rotatable bonds is 4. The first-order valence-electron chi connectivity index (χ1n) is 6.38. The number of benzene rings is 2. The Morgan fingerprint density at radius 3 is 1.82 bits per heavy atom. The lowest BCUT2D eigenvalue weighted by molar-refractivity contribution is 0.0957. The quantitative estimate of drug-likeness (QED) is 0.885. The molecule has 0 atom stereocenters. The third-order valence-corrected chi connectivity index (χ3v) is 4.26. The van der Waals surface area contributed by atoms with E-state index in [9.17, 15) is 18.0 Å². The van der Waals surface area contributed by atoms with Crippen LogP contribution < -0.4 is 10.0 Å². The highest BCUT2D eigenvalue weighted by Crippen LogP contribution is 2.09. The summed E-state index contributed by atoms with van der Waals surface area (Å²) < 4.78 is 26.1. The van der Waals surface area contributed by atoms with Crippen LogP contribution in [0.25, 0.3) is 0 Å². The fraction of sp³-hybridized carbons (Fsp3) is 0.0667. The van der Waals surface area contributed by atoms with Gasteiger partial charge in [0.25, 0.3) is 21.8 Å². The maximum Gasteiger partial charge on any atom is 0.264 e. The highest BCUT2D eigenvalue weighted by molar-refractivity contribution is 7.90. The first-order valence-corrected chi connectivity index (χ1v) is 7.87. The molecule has 6 nitrogen and oxygen atoms in total. The van der Waals surface area contributed by atoms with Crippen LogP contribution in [-0.4, -0.2) is 27.3 Å². The van der Waals surface area contributed by atoms with Gasteiger partial charge in [-0.15, -0.1) is 0 Å². The van der Waals surface area contributed by atoms with E-state index in [1.807, 2.05) is 4.72 Å². The lowest BCUT2D eigenvalue weighted by Crippen LogP contribution is -2.30. The minimum Gasteiger partial charge on any atom is -0.355 e. The third kappa shape index (κ3) is 3.50.